The maximum atomic E-state index is 2.86. The molecule has 0 bridgehead atoms. The van der Waals surface area contributed by atoms with E-state index < -0.39 is 0 Å². The highest BCUT2D eigenvalue weighted by molar-refractivity contribution is 4.84. The second kappa shape index (κ2) is 12.3. The van der Waals surface area contributed by atoms with E-state index in [0.29, 0.717) is 5.41 Å². The lowest BCUT2D eigenvalue weighted by Crippen LogP contribution is -2.00. The molecule has 0 spiro atoms. The van der Waals surface area contributed by atoms with Gasteiger partial charge in [-0.3, -0.25) is 0 Å². The third-order valence-electron chi connectivity index (χ3n) is 1.56. The molecule has 1 N–H and O–H groups in total. The van der Waals surface area contributed by atoms with E-state index in [1.807, 2.05) is 38.4 Å². The van der Waals surface area contributed by atoms with E-state index >= 15 is 0 Å². The number of aromatic nitrogens is 1. The van der Waals surface area contributed by atoms with Crippen molar-refractivity contribution in [1.29, 1.82) is 0 Å². The van der Waals surface area contributed by atoms with Gasteiger partial charge in [-0.2, -0.15) is 0 Å². The molecule has 1 nitrogen and oxygen atoms in total. The average molecular weight is 199 g/mol. The number of rotatable bonds is 0. The summed E-state index contributed by atoms with van der Waals surface area (Å²) >= 11 is 0. The van der Waals surface area contributed by atoms with Crippen LogP contribution in [0, 0.1) is 5.41 Å². The van der Waals surface area contributed by atoms with Crippen LogP contribution in [-0.2, 0) is 0 Å². The standard InChI is InChI=1S/C6H14.C4H5N.C2H6.CH4/c1-5-6(2,3)4;1-2-4-5-3-1;1-2;/h5H2,1-4H3;1-5H;1-2H3;1H4. The summed E-state index contributed by atoms with van der Waals surface area (Å²) in [5.74, 6) is 0. The monoisotopic (exact) mass is 199 g/mol. The lowest BCUT2D eigenvalue weighted by molar-refractivity contribution is 0.398. The molecule has 0 aliphatic heterocycles. The summed E-state index contributed by atoms with van der Waals surface area (Å²) in [5, 5.41) is 0. The first kappa shape index (κ1) is 18.9. The molecule has 86 valence electrons. The fraction of sp³-hybridized carbons (Fsp3) is 0.692. The highest BCUT2D eigenvalue weighted by Crippen LogP contribution is 2.16. The van der Waals surface area contributed by atoms with Crippen LogP contribution >= 0.6 is 0 Å². The summed E-state index contributed by atoms with van der Waals surface area (Å²) in [7, 11) is 0. The molecule has 0 atom stereocenters. The molecule has 1 rings (SSSR count). The van der Waals surface area contributed by atoms with Crippen molar-refractivity contribution in [3.63, 3.8) is 0 Å². The summed E-state index contributed by atoms with van der Waals surface area (Å²) in [5.41, 5.74) is 0.542. The van der Waals surface area contributed by atoms with Crippen LogP contribution in [-0.4, -0.2) is 4.98 Å². The topological polar surface area (TPSA) is 15.8 Å². The lowest BCUT2D eigenvalue weighted by atomic mass is 9.94. The van der Waals surface area contributed by atoms with Gasteiger partial charge < -0.3 is 4.98 Å². The van der Waals surface area contributed by atoms with Gasteiger partial charge in [0.2, 0.25) is 0 Å². The Morgan fingerprint density at radius 1 is 1.00 bits per heavy atom. The molecule has 0 aliphatic carbocycles. The molecule has 1 heterocycles. The number of hydrogen-bond acceptors (Lipinski definition) is 0. The highest BCUT2D eigenvalue weighted by Gasteiger charge is 2.03. The molecule has 0 radical (unpaired) electrons. The minimum absolute atomic E-state index is 0. The van der Waals surface area contributed by atoms with Crippen molar-refractivity contribution in [1.82, 2.24) is 4.98 Å². The van der Waals surface area contributed by atoms with Gasteiger partial charge in [0, 0.05) is 12.4 Å². The second-order valence-corrected chi connectivity index (χ2v) is 3.80. The van der Waals surface area contributed by atoms with Gasteiger partial charge in [0.15, 0.2) is 0 Å². The van der Waals surface area contributed by atoms with Gasteiger partial charge in [-0.05, 0) is 17.5 Å². The average Bonchev–Trinajstić information content (AvgIpc) is 2.64. The third kappa shape index (κ3) is 22.5. The molecule has 0 saturated carbocycles. The lowest BCUT2D eigenvalue weighted by Gasteiger charge is -2.12. The Morgan fingerprint density at radius 3 is 1.36 bits per heavy atom. The van der Waals surface area contributed by atoms with Crippen LogP contribution in [0.15, 0.2) is 24.5 Å². The smallest absolute Gasteiger partial charge is 0.000496 e. The van der Waals surface area contributed by atoms with Crippen LogP contribution in [0.5, 0.6) is 0 Å². The van der Waals surface area contributed by atoms with Crippen molar-refractivity contribution < 1.29 is 0 Å². The summed E-state index contributed by atoms with van der Waals surface area (Å²) in [4.78, 5) is 2.86. The molecule has 0 unspecified atom stereocenters. The van der Waals surface area contributed by atoms with Crippen LogP contribution in [0.25, 0.3) is 0 Å². The van der Waals surface area contributed by atoms with E-state index in [1.165, 1.54) is 6.42 Å². The molecule has 1 aromatic rings. The predicted molar refractivity (Wildman–Crippen MR) is 68.6 cm³/mol. The van der Waals surface area contributed by atoms with Crippen molar-refractivity contribution in [2.75, 3.05) is 0 Å². The minimum atomic E-state index is 0. The second-order valence-electron chi connectivity index (χ2n) is 3.80. The number of H-pyrrole nitrogens is 1. The maximum Gasteiger partial charge on any atom is 0.000496 e. The Hall–Kier alpha value is -0.720. The van der Waals surface area contributed by atoms with Crippen molar-refractivity contribution in [3.8, 4) is 0 Å². The van der Waals surface area contributed by atoms with Crippen molar-refractivity contribution in [3.05, 3.63) is 24.5 Å². The Morgan fingerprint density at radius 2 is 1.29 bits per heavy atom. The van der Waals surface area contributed by atoms with Crippen LogP contribution in [0.3, 0.4) is 0 Å². The maximum absolute atomic E-state index is 2.86. The molecule has 1 aromatic heterocycles. The van der Waals surface area contributed by atoms with Gasteiger partial charge in [0.25, 0.3) is 0 Å². The molecule has 14 heavy (non-hydrogen) atoms. The Labute approximate surface area is 90.9 Å². The highest BCUT2D eigenvalue weighted by atomic mass is 14.6. The fourth-order valence-corrected chi connectivity index (χ4v) is 0.278. The molecule has 0 aliphatic rings. The van der Waals surface area contributed by atoms with Crippen LogP contribution in [0.2, 0.25) is 0 Å². The Balaban J connectivity index is -0.000000139. The van der Waals surface area contributed by atoms with E-state index in [9.17, 15) is 0 Å². The van der Waals surface area contributed by atoms with E-state index in [1.54, 1.807) is 0 Å². The van der Waals surface area contributed by atoms with E-state index in [4.69, 9.17) is 0 Å². The van der Waals surface area contributed by atoms with Gasteiger partial charge in [-0.15, -0.1) is 0 Å². The van der Waals surface area contributed by atoms with E-state index in [-0.39, 0.29) is 7.43 Å². The van der Waals surface area contributed by atoms with Crippen LogP contribution in [0.4, 0.5) is 0 Å². The van der Waals surface area contributed by atoms with Gasteiger partial charge >= 0.3 is 0 Å². The zero-order valence-corrected chi connectivity index (χ0v) is 10.0. The number of hydrogen-bond donors (Lipinski definition) is 1. The molecule has 0 saturated heterocycles. The normalized spacial score (nSPS) is 8.43. The van der Waals surface area contributed by atoms with Crippen molar-refractivity contribution in [2.45, 2.75) is 55.4 Å². The summed E-state index contributed by atoms with van der Waals surface area (Å²) in [6, 6.07) is 3.89. The van der Waals surface area contributed by atoms with Gasteiger partial charge in [0.1, 0.15) is 0 Å². The molecule has 0 fully saturated rings. The van der Waals surface area contributed by atoms with E-state index in [2.05, 4.69) is 32.7 Å². The first-order valence-electron chi connectivity index (χ1n) is 5.14. The van der Waals surface area contributed by atoms with Crippen molar-refractivity contribution >= 4 is 0 Å². The van der Waals surface area contributed by atoms with Crippen molar-refractivity contribution in [2.24, 2.45) is 5.41 Å². The Kier molecular flexibility index (Phi) is 16.6. The molecule has 1 heteroatoms. The van der Waals surface area contributed by atoms with Crippen LogP contribution < -0.4 is 0 Å². The summed E-state index contributed by atoms with van der Waals surface area (Å²) in [6.45, 7) is 12.9. The predicted octanol–water partition coefficient (Wildman–Crippen LogP) is 5.12. The van der Waals surface area contributed by atoms with Gasteiger partial charge in [-0.25, -0.2) is 0 Å². The molecule has 0 amide bonds. The minimum Gasteiger partial charge on any atom is -0.368 e. The van der Waals surface area contributed by atoms with Crippen LogP contribution in [0.1, 0.15) is 55.4 Å². The molecular formula is C13H29N. The SMILES string of the molecule is C.CC.CCC(C)(C)C.c1cc[nH]c1. The van der Waals surface area contributed by atoms with Gasteiger partial charge in [0.05, 0.1) is 0 Å². The molecule has 0 aromatic carbocycles. The quantitative estimate of drug-likeness (QED) is 0.597. The first-order valence-corrected chi connectivity index (χ1v) is 5.14. The zero-order valence-electron chi connectivity index (χ0n) is 10.0. The number of aromatic amines is 1. The fourth-order valence-electron chi connectivity index (χ4n) is 0.278. The van der Waals surface area contributed by atoms with Gasteiger partial charge in [-0.1, -0.05) is 55.4 Å². The summed E-state index contributed by atoms with van der Waals surface area (Å²) in [6.07, 6.45) is 5.02. The molecular weight excluding hydrogens is 170 g/mol. The zero-order chi connectivity index (χ0) is 10.7. The number of nitrogens with one attached hydrogen (secondary N) is 1. The first-order chi connectivity index (χ1) is 6.06. The summed E-state index contributed by atoms with van der Waals surface area (Å²) < 4.78 is 0. The third-order valence-corrected chi connectivity index (χ3v) is 1.56. The van der Waals surface area contributed by atoms with E-state index in [0.717, 1.165) is 0 Å². The largest absolute Gasteiger partial charge is 0.368 e. The Bertz CT molecular complexity index is 129.